The highest BCUT2D eigenvalue weighted by molar-refractivity contribution is 9.11. The third kappa shape index (κ3) is 2.11. The molecular weight excluding hydrogens is 447 g/mol. The van der Waals surface area contributed by atoms with E-state index < -0.39 is 8.03 Å². The lowest BCUT2D eigenvalue weighted by Crippen LogP contribution is -2.10. The second-order valence-corrected chi connectivity index (χ2v) is 7.85. The number of benzene rings is 2. The molecular formula is C12H6Br3O2P. The van der Waals surface area contributed by atoms with Crippen LogP contribution in [0.4, 0.5) is 0 Å². The van der Waals surface area contributed by atoms with Crippen molar-refractivity contribution in [3.8, 4) is 16.9 Å². The molecule has 3 rings (SSSR count). The summed E-state index contributed by atoms with van der Waals surface area (Å²) in [6.45, 7) is 0. The van der Waals surface area contributed by atoms with Crippen molar-refractivity contribution in [1.29, 1.82) is 0 Å². The number of rotatable bonds is 0. The Morgan fingerprint density at radius 1 is 0.944 bits per heavy atom. The van der Waals surface area contributed by atoms with Gasteiger partial charge in [0.2, 0.25) is 0 Å². The van der Waals surface area contributed by atoms with E-state index in [4.69, 9.17) is 4.52 Å². The summed E-state index contributed by atoms with van der Waals surface area (Å²) in [6, 6.07) is 9.62. The highest BCUT2D eigenvalue weighted by Crippen LogP contribution is 2.48. The lowest BCUT2D eigenvalue weighted by molar-refractivity contribution is 0.512. The van der Waals surface area contributed by atoms with Crippen LogP contribution >= 0.6 is 55.8 Å². The highest BCUT2D eigenvalue weighted by Gasteiger charge is 2.25. The number of halogens is 3. The minimum Gasteiger partial charge on any atom is -0.440 e. The van der Waals surface area contributed by atoms with E-state index in [0.717, 1.165) is 29.8 Å². The number of fused-ring (bicyclic) bond motifs is 3. The van der Waals surface area contributed by atoms with Gasteiger partial charge in [-0.25, -0.2) is 0 Å². The van der Waals surface area contributed by atoms with Gasteiger partial charge in [0.1, 0.15) is 5.75 Å². The molecule has 2 aromatic rings. The van der Waals surface area contributed by atoms with Crippen LogP contribution in [0.5, 0.6) is 5.75 Å². The molecule has 1 aliphatic rings. The molecule has 1 aliphatic heterocycles. The van der Waals surface area contributed by atoms with Gasteiger partial charge in [-0.2, -0.15) is 0 Å². The van der Waals surface area contributed by atoms with Crippen LogP contribution in [-0.2, 0) is 4.57 Å². The molecule has 0 N–H and O–H groups in total. The Kier molecular flexibility index (Phi) is 3.43. The van der Waals surface area contributed by atoms with E-state index in [1.54, 1.807) is 0 Å². The van der Waals surface area contributed by atoms with Gasteiger partial charge in [-0.05, 0) is 45.8 Å². The Balaban J connectivity index is 2.35. The van der Waals surface area contributed by atoms with Crippen LogP contribution in [0.2, 0.25) is 0 Å². The Labute approximate surface area is 130 Å². The molecule has 18 heavy (non-hydrogen) atoms. The smallest absolute Gasteiger partial charge is 0.266 e. The van der Waals surface area contributed by atoms with Gasteiger partial charge in [-0.15, -0.1) is 0 Å². The van der Waals surface area contributed by atoms with Crippen LogP contribution in [0.25, 0.3) is 11.1 Å². The van der Waals surface area contributed by atoms with Gasteiger partial charge >= 0.3 is 0 Å². The lowest BCUT2D eigenvalue weighted by atomic mass is 10.0. The molecule has 0 amide bonds. The van der Waals surface area contributed by atoms with E-state index in [0.29, 0.717) is 5.75 Å². The van der Waals surface area contributed by atoms with Crippen molar-refractivity contribution < 1.29 is 9.09 Å². The Morgan fingerprint density at radius 2 is 1.72 bits per heavy atom. The predicted molar refractivity (Wildman–Crippen MR) is 84.2 cm³/mol. The van der Waals surface area contributed by atoms with Crippen molar-refractivity contribution in [2.75, 3.05) is 0 Å². The SMILES string of the molecule is O=[PH]1Oc2c(Br)cc(Br)cc2-c2ccc(Br)cc21. The summed E-state index contributed by atoms with van der Waals surface area (Å²) in [5.74, 6) is 0.650. The molecule has 1 unspecified atom stereocenters. The third-order valence-electron chi connectivity index (χ3n) is 2.69. The van der Waals surface area contributed by atoms with E-state index in [1.165, 1.54) is 0 Å². The fraction of sp³-hybridized carbons (Fsp3) is 0. The van der Waals surface area contributed by atoms with Gasteiger partial charge in [0.05, 0.1) is 9.78 Å². The zero-order chi connectivity index (χ0) is 12.9. The van der Waals surface area contributed by atoms with Crippen molar-refractivity contribution >= 4 is 61.1 Å². The standard InChI is InChI=1S/C12H6Br3O2P/c13-6-1-2-8-9-3-7(14)4-10(15)12(9)17-18(16)11(8)5-6/h1-5,18H. The zero-order valence-electron chi connectivity index (χ0n) is 8.84. The van der Waals surface area contributed by atoms with Crippen LogP contribution in [0.3, 0.4) is 0 Å². The number of hydrogen-bond acceptors (Lipinski definition) is 2. The molecule has 0 spiro atoms. The van der Waals surface area contributed by atoms with E-state index in [1.807, 2.05) is 30.3 Å². The Morgan fingerprint density at radius 3 is 2.50 bits per heavy atom. The van der Waals surface area contributed by atoms with Crippen LogP contribution in [0.15, 0.2) is 43.7 Å². The average molecular weight is 453 g/mol. The molecule has 92 valence electrons. The van der Waals surface area contributed by atoms with Gasteiger partial charge in [0.15, 0.2) is 0 Å². The number of hydrogen-bond donors (Lipinski definition) is 0. The molecule has 0 saturated heterocycles. The van der Waals surface area contributed by atoms with Gasteiger partial charge in [-0.1, -0.05) is 37.9 Å². The maximum absolute atomic E-state index is 12.1. The van der Waals surface area contributed by atoms with E-state index >= 15 is 0 Å². The third-order valence-corrected chi connectivity index (χ3v) is 5.48. The first-order valence-electron chi connectivity index (χ1n) is 5.07. The van der Waals surface area contributed by atoms with Crippen LogP contribution in [-0.4, -0.2) is 0 Å². The van der Waals surface area contributed by atoms with Gasteiger partial charge in [0.25, 0.3) is 8.03 Å². The van der Waals surface area contributed by atoms with Gasteiger partial charge in [-0.3, -0.25) is 4.57 Å². The average Bonchev–Trinajstić information content (AvgIpc) is 2.31. The largest absolute Gasteiger partial charge is 0.440 e. The molecule has 0 radical (unpaired) electrons. The summed E-state index contributed by atoms with van der Waals surface area (Å²) in [6.07, 6.45) is 0. The van der Waals surface area contributed by atoms with Crippen molar-refractivity contribution in [3.63, 3.8) is 0 Å². The zero-order valence-corrected chi connectivity index (χ0v) is 14.6. The highest BCUT2D eigenvalue weighted by atomic mass is 79.9. The molecule has 1 atom stereocenters. The first-order chi connectivity index (χ1) is 8.56. The van der Waals surface area contributed by atoms with Crippen LogP contribution in [0.1, 0.15) is 0 Å². The molecule has 1 heterocycles. The van der Waals surface area contributed by atoms with Crippen molar-refractivity contribution in [2.45, 2.75) is 0 Å². The van der Waals surface area contributed by atoms with E-state index in [2.05, 4.69) is 47.8 Å². The molecule has 0 aromatic heterocycles. The molecule has 0 saturated carbocycles. The summed E-state index contributed by atoms with van der Waals surface area (Å²) in [7, 11) is -2.24. The summed E-state index contributed by atoms with van der Waals surface area (Å²) in [4.78, 5) is 0. The van der Waals surface area contributed by atoms with Gasteiger partial charge < -0.3 is 4.52 Å². The predicted octanol–water partition coefficient (Wildman–Crippen LogP) is 5.13. The maximum Gasteiger partial charge on any atom is 0.266 e. The molecule has 2 aromatic carbocycles. The normalized spacial score (nSPS) is 16.7. The first-order valence-corrected chi connectivity index (χ1v) is 8.77. The summed E-state index contributed by atoms with van der Waals surface area (Å²) >= 11 is 10.3. The summed E-state index contributed by atoms with van der Waals surface area (Å²) in [5.41, 5.74) is 1.91. The minimum atomic E-state index is -2.24. The molecule has 0 fully saturated rings. The topological polar surface area (TPSA) is 26.3 Å². The summed E-state index contributed by atoms with van der Waals surface area (Å²) in [5, 5.41) is 0.756. The maximum atomic E-state index is 12.1. The fourth-order valence-electron chi connectivity index (χ4n) is 1.93. The Bertz CT molecular complexity index is 685. The molecule has 0 aliphatic carbocycles. The van der Waals surface area contributed by atoms with Crippen LogP contribution < -0.4 is 9.83 Å². The Hall–Kier alpha value is -0.0900. The second kappa shape index (κ2) is 4.78. The fourth-order valence-corrected chi connectivity index (χ4v) is 5.19. The van der Waals surface area contributed by atoms with Crippen LogP contribution in [0, 0.1) is 0 Å². The van der Waals surface area contributed by atoms with Crippen molar-refractivity contribution in [1.82, 2.24) is 0 Å². The summed E-state index contributed by atoms with van der Waals surface area (Å²) < 4.78 is 20.4. The quantitative estimate of drug-likeness (QED) is 0.518. The van der Waals surface area contributed by atoms with Crippen molar-refractivity contribution in [3.05, 3.63) is 43.7 Å². The first kappa shape index (κ1) is 12.9. The monoisotopic (exact) mass is 450 g/mol. The van der Waals surface area contributed by atoms with E-state index in [-0.39, 0.29) is 0 Å². The second-order valence-electron chi connectivity index (χ2n) is 3.84. The minimum absolute atomic E-state index is 0.650. The van der Waals surface area contributed by atoms with E-state index in [9.17, 15) is 4.57 Å². The van der Waals surface area contributed by atoms with Gasteiger partial charge in [0, 0.05) is 14.5 Å². The lowest BCUT2D eigenvalue weighted by Gasteiger charge is -2.21. The van der Waals surface area contributed by atoms with Crippen molar-refractivity contribution in [2.24, 2.45) is 0 Å². The molecule has 0 bridgehead atoms. The molecule has 6 heteroatoms. The molecule has 2 nitrogen and oxygen atoms in total.